The van der Waals surface area contributed by atoms with E-state index in [9.17, 15) is 20.0 Å². The number of nitrogens with zero attached hydrogens (tertiary/aromatic N) is 1. The molecule has 4 nitrogen and oxygen atoms in total. The number of fused-ring (bicyclic) bond motifs is 5. The van der Waals surface area contributed by atoms with E-state index in [4.69, 9.17) is 0 Å². The molecule has 0 radical (unpaired) electrons. The summed E-state index contributed by atoms with van der Waals surface area (Å²) in [6.07, 6.45) is 3.53. The van der Waals surface area contributed by atoms with Crippen molar-refractivity contribution in [3.05, 3.63) is 0 Å². The van der Waals surface area contributed by atoms with Crippen molar-refractivity contribution in [1.29, 1.82) is 5.26 Å². The second-order valence-electron chi connectivity index (χ2n) is 9.68. The van der Waals surface area contributed by atoms with Gasteiger partial charge in [-0.2, -0.15) is 5.26 Å². The summed E-state index contributed by atoms with van der Waals surface area (Å²) in [4.78, 5) is 24.8. The van der Waals surface area contributed by atoms with E-state index < -0.39 is 6.10 Å². The molecular formula is C21H29NO3. The lowest BCUT2D eigenvalue weighted by Gasteiger charge is -2.62. The topological polar surface area (TPSA) is 78.2 Å². The summed E-state index contributed by atoms with van der Waals surface area (Å²) < 4.78 is 0. The van der Waals surface area contributed by atoms with E-state index in [0.717, 1.165) is 19.3 Å². The molecule has 25 heavy (non-hydrogen) atoms. The second kappa shape index (κ2) is 5.39. The summed E-state index contributed by atoms with van der Waals surface area (Å²) in [5.74, 6) is 1.49. The lowest BCUT2D eigenvalue weighted by Crippen LogP contribution is -2.60. The van der Waals surface area contributed by atoms with Crippen LogP contribution in [0.4, 0.5) is 0 Å². The predicted octanol–water partition coefficient (Wildman–Crippen LogP) is 3.13. The summed E-state index contributed by atoms with van der Waals surface area (Å²) in [5.41, 5.74) is -0.641. The predicted molar refractivity (Wildman–Crippen MR) is 92.2 cm³/mol. The van der Waals surface area contributed by atoms with Crippen molar-refractivity contribution in [1.82, 2.24) is 0 Å². The van der Waals surface area contributed by atoms with E-state index >= 15 is 0 Å². The van der Waals surface area contributed by atoms with Crippen molar-refractivity contribution >= 4 is 11.6 Å². The van der Waals surface area contributed by atoms with Gasteiger partial charge in [0.05, 0.1) is 18.1 Å². The number of ketones is 2. The fourth-order valence-electron chi connectivity index (χ4n) is 7.41. The monoisotopic (exact) mass is 343 g/mol. The molecule has 4 fully saturated rings. The minimum absolute atomic E-state index is 0.112. The highest BCUT2D eigenvalue weighted by Gasteiger charge is 2.66. The maximum absolute atomic E-state index is 12.8. The largest absolute Gasteiger partial charge is 0.392 e. The SMILES string of the molecule is C[C@H]1C[C@H]2[C@@H](CC[C@H]3CC(=O)C[C@@H](O)[C@@]32C)[C@@H]2[C@H](C#N)CC(=O)[C@]21C. The van der Waals surface area contributed by atoms with E-state index in [0.29, 0.717) is 24.7 Å². The van der Waals surface area contributed by atoms with Crippen molar-refractivity contribution < 1.29 is 14.7 Å². The lowest BCUT2D eigenvalue weighted by molar-refractivity contribution is -0.180. The van der Waals surface area contributed by atoms with Crippen molar-refractivity contribution in [2.45, 2.75) is 65.4 Å². The molecule has 0 spiro atoms. The molecule has 0 bridgehead atoms. The Bertz CT molecular complexity index is 667. The highest BCUT2D eigenvalue weighted by molar-refractivity contribution is 5.88. The van der Waals surface area contributed by atoms with Gasteiger partial charge in [-0.3, -0.25) is 9.59 Å². The molecule has 0 unspecified atom stereocenters. The first-order chi connectivity index (χ1) is 11.7. The van der Waals surface area contributed by atoms with Gasteiger partial charge in [0.25, 0.3) is 0 Å². The quantitative estimate of drug-likeness (QED) is 0.733. The van der Waals surface area contributed by atoms with E-state index in [2.05, 4.69) is 26.8 Å². The smallest absolute Gasteiger partial charge is 0.140 e. The zero-order chi connectivity index (χ0) is 18.1. The van der Waals surface area contributed by atoms with Gasteiger partial charge in [0.2, 0.25) is 0 Å². The third kappa shape index (κ3) is 2.02. The van der Waals surface area contributed by atoms with Crippen molar-refractivity contribution in [3.63, 3.8) is 0 Å². The molecule has 4 heteroatoms. The highest BCUT2D eigenvalue weighted by Crippen LogP contribution is 2.67. The third-order valence-electron chi connectivity index (χ3n) is 9.05. The zero-order valence-corrected chi connectivity index (χ0v) is 15.5. The van der Waals surface area contributed by atoms with Gasteiger partial charge in [-0.05, 0) is 48.9 Å². The van der Waals surface area contributed by atoms with Crippen LogP contribution < -0.4 is 0 Å². The number of carbonyl (C=O) groups is 2. The van der Waals surface area contributed by atoms with Crippen LogP contribution in [0.2, 0.25) is 0 Å². The van der Waals surface area contributed by atoms with Crippen LogP contribution in [-0.4, -0.2) is 22.8 Å². The second-order valence-corrected chi connectivity index (χ2v) is 9.68. The summed E-state index contributed by atoms with van der Waals surface area (Å²) in [6.45, 7) is 6.43. The van der Waals surface area contributed by atoms with Gasteiger partial charge >= 0.3 is 0 Å². The normalized spacial score (nSPS) is 55.1. The molecule has 4 saturated carbocycles. The zero-order valence-electron chi connectivity index (χ0n) is 15.5. The minimum Gasteiger partial charge on any atom is -0.392 e. The Balaban J connectivity index is 1.77. The number of nitriles is 1. The molecule has 4 rings (SSSR count). The molecule has 0 aromatic heterocycles. The van der Waals surface area contributed by atoms with Gasteiger partial charge < -0.3 is 5.11 Å². The summed E-state index contributed by atoms with van der Waals surface area (Å²) in [6, 6.07) is 2.44. The molecule has 0 heterocycles. The van der Waals surface area contributed by atoms with Crippen LogP contribution in [0, 0.1) is 57.7 Å². The van der Waals surface area contributed by atoms with Crippen LogP contribution in [0.5, 0.6) is 0 Å². The Morgan fingerprint density at radius 2 is 1.88 bits per heavy atom. The number of aliphatic hydroxyl groups is 1. The van der Waals surface area contributed by atoms with Crippen LogP contribution >= 0.6 is 0 Å². The molecule has 0 aromatic carbocycles. The standard InChI is InChI=1S/C21H29NO3/c1-11-6-16-15(19-12(10-22)7-17(24)20(11,19)2)5-4-13-8-14(23)9-18(25)21(13,16)3/h11-13,15-16,18-19,25H,4-9H2,1-3H3/t11-,12-,13-,15+,16-,18+,19-,20+,21-/m0/s1. The number of hydrogen-bond acceptors (Lipinski definition) is 4. The number of aliphatic hydroxyl groups excluding tert-OH is 1. The molecule has 4 aliphatic rings. The number of carbonyl (C=O) groups excluding carboxylic acids is 2. The van der Waals surface area contributed by atoms with Gasteiger partial charge in [0, 0.05) is 30.1 Å². The first-order valence-electron chi connectivity index (χ1n) is 9.87. The Morgan fingerprint density at radius 3 is 2.56 bits per heavy atom. The van der Waals surface area contributed by atoms with E-state index in [1.807, 2.05) is 0 Å². The van der Waals surface area contributed by atoms with E-state index in [-0.39, 0.29) is 52.5 Å². The molecular weight excluding hydrogens is 314 g/mol. The maximum Gasteiger partial charge on any atom is 0.140 e. The average molecular weight is 343 g/mol. The Labute approximate surface area is 150 Å². The molecule has 0 aliphatic heterocycles. The third-order valence-corrected chi connectivity index (χ3v) is 9.05. The first-order valence-corrected chi connectivity index (χ1v) is 9.87. The minimum atomic E-state index is -0.583. The van der Waals surface area contributed by atoms with Crippen LogP contribution in [-0.2, 0) is 9.59 Å². The first kappa shape index (κ1) is 17.2. The number of rotatable bonds is 0. The fraction of sp³-hybridized carbons (Fsp3) is 0.857. The summed E-state index contributed by atoms with van der Waals surface area (Å²) in [5, 5.41) is 20.6. The summed E-state index contributed by atoms with van der Waals surface area (Å²) >= 11 is 0. The van der Waals surface area contributed by atoms with Gasteiger partial charge in [-0.15, -0.1) is 0 Å². The van der Waals surface area contributed by atoms with Crippen LogP contribution in [0.15, 0.2) is 0 Å². The Morgan fingerprint density at radius 1 is 1.16 bits per heavy atom. The Kier molecular flexibility index (Phi) is 3.71. The lowest BCUT2D eigenvalue weighted by atomic mass is 9.42. The Hall–Kier alpha value is -1.21. The van der Waals surface area contributed by atoms with E-state index in [1.54, 1.807) is 0 Å². The maximum atomic E-state index is 12.8. The van der Waals surface area contributed by atoms with Crippen LogP contribution in [0.1, 0.15) is 59.3 Å². The molecule has 1 N–H and O–H groups in total. The van der Waals surface area contributed by atoms with E-state index in [1.165, 1.54) is 0 Å². The molecule has 136 valence electrons. The number of Topliss-reactive ketones (excluding diaryl/α,β-unsaturated/α-hetero) is 2. The summed E-state index contributed by atoms with van der Waals surface area (Å²) in [7, 11) is 0. The molecule has 0 amide bonds. The highest BCUT2D eigenvalue weighted by atomic mass is 16.3. The van der Waals surface area contributed by atoms with Crippen molar-refractivity contribution in [2.75, 3.05) is 0 Å². The molecule has 0 aromatic rings. The van der Waals surface area contributed by atoms with Gasteiger partial charge in [0.15, 0.2) is 0 Å². The molecule has 0 saturated heterocycles. The number of hydrogen-bond donors (Lipinski definition) is 1. The average Bonchev–Trinajstić information content (AvgIpc) is 2.83. The van der Waals surface area contributed by atoms with Crippen LogP contribution in [0.25, 0.3) is 0 Å². The van der Waals surface area contributed by atoms with Crippen molar-refractivity contribution in [3.8, 4) is 6.07 Å². The van der Waals surface area contributed by atoms with Gasteiger partial charge in [0.1, 0.15) is 11.6 Å². The molecule has 9 atom stereocenters. The van der Waals surface area contributed by atoms with Crippen molar-refractivity contribution in [2.24, 2.45) is 46.3 Å². The molecule has 4 aliphatic carbocycles. The fourth-order valence-corrected chi connectivity index (χ4v) is 7.41. The van der Waals surface area contributed by atoms with Gasteiger partial charge in [-0.25, -0.2) is 0 Å². The van der Waals surface area contributed by atoms with Gasteiger partial charge in [-0.1, -0.05) is 20.8 Å². The van der Waals surface area contributed by atoms with Crippen LogP contribution in [0.3, 0.4) is 0 Å².